The van der Waals surface area contributed by atoms with E-state index in [0.29, 0.717) is 12.2 Å². The maximum Gasteiger partial charge on any atom is 0.268 e. The third kappa shape index (κ3) is 2.52. The van der Waals surface area contributed by atoms with Gasteiger partial charge >= 0.3 is 0 Å². The fourth-order valence-corrected chi connectivity index (χ4v) is 2.30. The number of aliphatic hydroxyl groups excluding tert-OH is 1. The highest BCUT2D eigenvalue weighted by Gasteiger charge is 2.46. The first kappa shape index (κ1) is 13.8. The number of Topliss-reactive ketones (excluding diaryl/α,β-unsaturated/α-hetero) is 1. The molecular formula is C11H15NO4S. The van der Waals surface area contributed by atoms with E-state index in [2.05, 4.69) is 0 Å². The summed E-state index contributed by atoms with van der Waals surface area (Å²) in [6.45, 7) is 2.52. The molecule has 0 aromatic rings. The second kappa shape index (κ2) is 5.35. The number of hydrogen-bond acceptors (Lipinski definition) is 5. The Morgan fingerprint density at radius 1 is 1.41 bits per heavy atom. The molecule has 1 atom stereocenters. The standard InChI is InChI=1S/C11H15NO4S/c1-6(13)9-10(15)8(4-5-17-3)12(7(2)14)11(9)16/h8,13H,4-5H2,1-3H3/b9-6-. The summed E-state index contributed by atoms with van der Waals surface area (Å²) in [6.07, 6.45) is 2.30. The van der Waals surface area contributed by atoms with E-state index < -0.39 is 23.6 Å². The van der Waals surface area contributed by atoms with E-state index >= 15 is 0 Å². The van der Waals surface area contributed by atoms with Crippen molar-refractivity contribution in [3.63, 3.8) is 0 Å². The maximum atomic E-state index is 11.9. The summed E-state index contributed by atoms with van der Waals surface area (Å²) < 4.78 is 0. The van der Waals surface area contributed by atoms with E-state index in [1.807, 2.05) is 6.26 Å². The number of carbonyl (C=O) groups is 3. The molecule has 0 aromatic heterocycles. The second-order valence-corrected chi connectivity index (χ2v) is 4.80. The molecule has 0 aliphatic carbocycles. The van der Waals surface area contributed by atoms with Gasteiger partial charge in [0.25, 0.3) is 5.91 Å². The number of thioether (sulfide) groups is 1. The molecule has 1 saturated heterocycles. The van der Waals surface area contributed by atoms with Gasteiger partial charge in [0.1, 0.15) is 17.4 Å². The molecule has 1 rings (SSSR count). The van der Waals surface area contributed by atoms with Crippen LogP contribution in [0.25, 0.3) is 0 Å². The van der Waals surface area contributed by atoms with Crippen LogP contribution in [0.3, 0.4) is 0 Å². The Morgan fingerprint density at radius 2 is 2.00 bits per heavy atom. The zero-order valence-electron chi connectivity index (χ0n) is 10.0. The number of aliphatic hydroxyl groups is 1. The van der Waals surface area contributed by atoms with Crippen molar-refractivity contribution in [2.45, 2.75) is 26.3 Å². The number of amides is 2. The van der Waals surface area contributed by atoms with Crippen molar-refractivity contribution in [2.24, 2.45) is 0 Å². The lowest BCUT2D eigenvalue weighted by atomic mass is 10.1. The van der Waals surface area contributed by atoms with Crippen LogP contribution in [0.4, 0.5) is 0 Å². The third-order valence-electron chi connectivity index (χ3n) is 2.59. The number of rotatable bonds is 3. The molecule has 0 radical (unpaired) electrons. The van der Waals surface area contributed by atoms with E-state index in [-0.39, 0.29) is 11.3 Å². The molecule has 1 N–H and O–H groups in total. The summed E-state index contributed by atoms with van der Waals surface area (Å²) in [5, 5.41) is 9.33. The molecule has 94 valence electrons. The highest BCUT2D eigenvalue weighted by molar-refractivity contribution is 7.98. The maximum absolute atomic E-state index is 11.9. The van der Waals surface area contributed by atoms with Crippen LogP contribution in [0.2, 0.25) is 0 Å². The summed E-state index contributed by atoms with van der Waals surface area (Å²) in [5.74, 6) is -1.26. The minimum absolute atomic E-state index is 0.258. The predicted octanol–water partition coefficient (Wildman–Crippen LogP) is 0.898. The fraction of sp³-hybridized carbons (Fsp3) is 0.545. The minimum Gasteiger partial charge on any atom is -0.512 e. The average molecular weight is 257 g/mol. The Bertz CT molecular complexity index is 398. The zero-order chi connectivity index (χ0) is 13.2. The largest absolute Gasteiger partial charge is 0.512 e. The van der Waals surface area contributed by atoms with Crippen molar-refractivity contribution in [3.8, 4) is 0 Å². The SMILES string of the molecule is CSCCC1C(=O)/C(=C(\C)O)C(=O)N1C(C)=O. The molecular weight excluding hydrogens is 242 g/mol. The average Bonchev–Trinajstić information content (AvgIpc) is 2.46. The van der Waals surface area contributed by atoms with Crippen molar-refractivity contribution in [2.75, 3.05) is 12.0 Å². The van der Waals surface area contributed by atoms with Gasteiger partial charge in [-0.3, -0.25) is 19.3 Å². The van der Waals surface area contributed by atoms with Crippen molar-refractivity contribution in [1.29, 1.82) is 0 Å². The van der Waals surface area contributed by atoms with E-state index in [1.165, 1.54) is 25.6 Å². The summed E-state index contributed by atoms with van der Waals surface area (Å²) in [4.78, 5) is 36.1. The van der Waals surface area contributed by atoms with Crippen LogP contribution in [0.1, 0.15) is 20.3 Å². The van der Waals surface area contributed by atoms with Gasteiger partial charge < -0.3 is 5.11 Å². The van der Waals surface area contributed by atoms with Gasteiger partial charge in [-0.2, -0.15) is 11.8 Å². The Hall–Kier alpha value is -1.30. The quantitative estimate of drug-likeness (QED) is 0.462. The van der Waals surface area contributed by atoms with Gasteiger partial charge in [-0.05, 0) is 25.4 Å². The van der Waals surface area contributed by atoms with Crippen molar-refractivity contribution < 1.29 is 19.5 Å². The van der Waals surface area contributed by atoms with E-state index in [9.17, 15) is 19.5 Å². The topological polar surface area (TPSA) is 74.7 Å². The first-order chi connectivity index (χ1) is 7.91. The van der Waals surface area contributed by atoms with E-state index in [0.717, 1.165) is 4.90 Å². The molecule has 6 heteroatoms. The van der Waals surface area contributed by atoms with Crippen LogP contribution >= 0.6 is 11.8 Å². The van der Waals surface area contributed by atoms with Crippen LogP contribution < -0.4 is 0 Å². The molecule has 0 spiro atoms. The van der Waals surface area contributed by atoms with Crippen molar-refractivity contribution >= 4 is 29.4 Å². The zero-order valence-corrected chi connectivity index (χ0v) is 10.8. The van der Waals surface area contributed by atoms with E-state index in [1.54, 1.807) is 0 Å². The number of carbonyl (C=O) groups excluding carboxylic acids is 3. The first-order valence-electron chi connectivity index (χ1n) is 5.19. The first-order valence-corrected chi connectivity index (χ1v) is 6.58. The number of imide groups is 1. The summed E-state index contributed by atoms with van der Waals surface area (Å²) in [5.41, 5.74) is -0.258. The molecule has 1 aliphatic heterocycles. The van der Waals surface area contributed by atoms with Crippen LogP contribution in [0.15, 0.2) is 11.3 Å². The lowest BCUT2D eigenvalue weighted by molar-refractivity contribution is -0.142. The molecule has 0 aromatic carbocycles. The van der Waals surface area contributed by atoms with Gasteiger partial charge in [0.15, 0.2) is 5.78 Å². The third-order valence-corrected chi connectivity index (χ3v) is 3.23. The van der Waals surface area contributed by atoms with Crippen LogP contribution in [-0.2, 0) is 14.4 Å². The highest BCUT2D eigenvalue weighted by Crippen LogP contribution is 2.25. The Labute approximate surface area is 104 Å². The summed E-state index contributed by atoms with van der Waals surface area (Å²) in [6, 6.07) is -0.760. The fourth-order valence-electron chi connectivity index (χ4n) is 1.84. The number of allylic oxidation sites excluding steroid dienone is 1. The monoisotopic (exact) mass is 257 g/mol. The molecule has 2 amide bonds. The summed E-state index contributed by atoms with van der Waals surface area (Å²) >= 11 is 1.54. The molecule has 0 bridgehead atoms. The Balaban J connectivity index is 3.11. The van der Waals surface area contributed by atoms with Gasteiger partial charge in [-0.1, -0.05) is 0 Å². The highest BCUT2D eigenvalue weighted by atomic mass is 32.2. The van der Waals surface area contributed by atoms with Gasteiger partial charge in [-0.15, -0.1) is 0 Å². The molecule has 1 heterocycles. The van der Waals surface area contributed by atoms with E-state index in [4.69, 9.17) is 0 Å². The molecule has 1 fully saturated rings. The normalized spacial score (nSPS) is 23.2. The molecule has 5 nitrogen and oxygen atoms in total. The van der Waals surface area contributed by atoms with Gasteiger partial charge in [0.05, 0.1) is 0 Å². The van der Waals surface area contributed by atoms with Gasteiger partial charge in [-0.25, -0.2) is 0 Å². The van der Waals surface area contributed by atoms with Crippen LogP contribution in [0.5, 0.6) is 0 Å². The number of hydrogen-bond donors (Lipinski definition) is 1. The number of nitrogens with zero attached hydrogens (tertiary/aromatic N) is 1. The molecule has 1 aliphatic rings. The van der Waals surface area contributed by atoms with Crippen LogP contribution in [0, 0.1) is 0 Å². The lowest BCUT2D eigenvalue weighted by Gasteiger charge is -2.18. The lowest BCUT2D eigenvalue weighted by Crippen LogP contribution is -2.39. The van der Waals surface area contributed by atoms with Crippen LogP contribution in [-0.4, -0.2) is 45.7 Å². The van der Waals surface area contributed by atoms with Gasteiger partial charge in [0, 0.05) is 6.92 Å². The summed E-state index contributed by atoms with van der Waals surface area (Å²) in [7, 11) is 0. The Morgan fingerprint density at radius 3 is 2.41 bits per heavy atom. The predicted molar refractivity (Wildman–Crippen MR) is 64.6 cm³/mol. The number of ketones is 1. The molecule has 0 saturated carbocycles. The molecule has 17 heavy (non-hydrogen) atoms. The smallest absolute Gasteiger partial charge is 0.268 e. The Kier molecular flexibility index (Phi) is 4.34. The second-order valence-electron chi connectivity index (χ2n) is 3.82. The van der Waals surface area contributed by atoms with Gasteiger partial charge in [0.2, 0.25) is 5.91 Å². The van der Waals surface area contributed by atoms with Crippen molar-refractivity contribution in [1.82, 2.24) is 4.90 Å². The molecule has 1 unspecified atom stereocenters. The van der Waals surface area contributed by atoms with Crippen molar-refractivity contribution in [3.05, 3.63) is 11.3 Å². The number of likely N-dealkylation sites (tertiary alicyclic amines) is 1. The minimum atomic E-state index is -0.760.